The normalized spacial score (nSPS) is 27.4. The number of anilines is 2. The molecule has 1 aromatic heterocycles. The van der Waals surface area contributed by atoms with Gasteiger partial charge in [-0.2, -0.15) is 15.0 Å². The molecule has 3 aliphatic rings. The van der Waals surface area contributed by atoms with E-state index in [1.807, 2.05) is 0 Å². The zero-order valence-electron chi connectivity index (χ0n) is 16.1. The number of rotatable bonds is 3. The van der Waals surface area contributed by atoms with Gasteiger partial charge in [-0.1, -0.05) is 25.2 Å². The highest BCUT2D eigenvalue weighted by Crippen LogP contribution is 2.29. The first-order valence-corrected chi connectivity index (χ1v) is 10.1. The molecule has 3 heterocycles. The summed E-state index contributed by atoms with van der Waals surface area (Å²) >= 11 is 0. The summed E-state index contributed by atoms with van der Waals surface area (Å²) in [4.78, 5) is 19.0. The van der Waals surface area contributed by atoms with Crippen LogP contribution in [0.5, 0.6) is 0 Å². The van der Waals surface area contributed by atoms with Crippen LogP contribution in [0, 0.1) is 5.92 Å². The molecule has 4 rings (SSSR count). The first-order chi connectivity index (χ1) is 13.3. The zero-order valence-corrected chi connectivity index (χ0v) is 16.1. The Morgan fingerprint density at radius 1 is 0.889 bits per heavy atom. The van der Waals surface area contributed by atoms with E-state index in [1.54, 1.807) is 0 Å². The van der Waals surface area contributed by atoms with E-state index in [-0.39, 0.29) is 0 Å². The molecule has 0 bridgehead atoms. The van der Waals surface area contributed by atoms with Crippen molar-refractivity contribution < 1.29 is 9.47 Å². The standard InChI is InChI=1S/C20H29N5O2/c1-16-6-4-2-3-5-7-17(16)18-21-19(24-8-12-26-13-9-24)23-20(22-18)25-10-14-27-15-11-25/h3,5,7,16H,2,4,6,8-15H2,1H3/b5-3-,17-7+. The number of ether oxygens (including phenoxy) is 2. The summed E-state index contributed by atoms with van der Waals surface area (Å²) in [5.41, 5.74) is 1.21. The molecule has 7 heteroatoms. The van der Waals surface area contributed by atoms with Crippen LogP contribution in [0.1, 0.15) is 32.0 Å². The second-order valence-corrected chi connectivity index (χ2v) is 7.34. The van der Waals surface area contributed by atoms with Gasteiger partial charge in [0.25, 0.3) is 0 Å². The van der Waals surface area contributed by atoms with E-state index in [4.69, 9.17) is 24.4 Å². The molecule has 0 radical (unpaired) electrons. The predicted molar refractivity (Wildman–Crippen MR) is 106 cm³/mol. The van der Waals surface area contributed by atoms with Gasteiger partial charge in [-0.15, -0.1) is 0 Å². The third-order valence-electron chi connectivity index (χ3n) is 5.41. The van der Waals surface area contributed by atoms with E-state index in [0.29, 0.717) is 5.92 Å². The van der Waals surface area contributed by atoms with Crippen LogP contribution in [0.25, 0.3) is 5.57 Å². The Bertz CT molecular complexity index is 657. The third kappa shape index (κ3) is 4.47. The van der Waals surface area contributed by atoms with E-state index in [1.165, 1.54) is 12.0 Å². The van der Waals surface area contributed by atoms with Gasteiger partial charge in [0.05, 0.1) is 26.4 Å². The average molecular weight is 371 g/mol. The smallest absolute Gasteiger partial charge is 0.230 e. The van der Waals surface area contributed by atoms with Crippen molar-refractivity contribution in [3.05, 3.63) is 24.1 Å². The number of morpholine rings is 2. The molecule has 1 aliphatic carbocycles. The number of aromatic nitrogens is 3. The molecule has 0 amide bonds. The van der Waals surface area contributed by atoms with E-state index >= 15 is 0 Å². The van der Waals surface area contributed by atoms with Crippen molar-refractivity contribution in [1.82, 2.24) is 15.0 Å². The van der Waals surface area contributed by atoms with Crippen molar-refractivity contribution in [3.8, 4) is 0 Å². The molecule has 0 aromatic carbocycles. The summed E-state index contributed by atoms with van der Waals surface area (Å²) in [6.45, 7) is 8.43. The quantitative estimate of drug-likeness (QED) is 0.808. The van der Waals surface area contributed by atoms with Crippen LogP contribution in [-0.2, 0) is 9.47 Å². The monoisotopic (exact) mass is 371 g/mol. The zero-order chi connectivity index (χ0) is 18.5. The molecule has 146 valence electrons. The Kier molecular flexibility index (Phi) is 5.99. The average Bonchev–Trinajstić information content (AvgIpc) is 2.72. The van der Waals surface area contributed by atoms with E-state index in [2.05, 4.69) is 35.0 Å². The van der Waals surface area contributed by atoms with E-state index in [0.717, 1.165) is 83.2 Å². The topological polar surface area (TPSA) is 63.6 Å². The van der Waals surface area contributed by atoms with Crippen molar-refractivity contribution in [3.63, 3.8) is 0 Å². The minimum absolute atomic E-state index is 0.437. The lowest BCUT2D eigenvalue weighted by Crippen LogP contribution is -2.40. The van der Waals surface area contributed by atoms with Gasteiger partial charge < -0.3 is 19.3 Å². The van der Waals surface area contributed by atoms with Gasteiger partial charge in [0.2, 0.25) is 11.9 Å². The summed E-state index contributed by atoms with van der Waals surface area (Å²) in [5.74, 6) is 2.78. The molecule has 27 heavy (non-hydrogen) atoms. The molecule has 7 nitrogen and oxygen atoms in total. The fourth-order valence-electron chi connectivity index (χ4n) is 3.72. The van der Waals surface area contributed by atoms with Crippen molar-refractivity contribution >= 4 is 17.5 Å². The fourth-order valence-corrected chi connectivity index (χ4v) is 3.72. The first-order valence-electron chi connectivity index (χ1n) is 10.1. The molecular formula is C20H29N5O2. The van der Waals surface area contributed by atoms with Gasteiger partial charge in [0.1, 0.15) is 0 Å². The van der Waals surface area contributed by atoms with Crippen molar-refractivity contribution in [1.29, 1.82) is 0 Å². The summed E-state index contributed by atoms with van der Waals surface area (Å²) in [7, 11) is 0. The van der Waals surface area contributed by atoms with Crippen LogP contribution >= 0.6 is 0 Å². The molecule has 2 fully saturated rings. The second-order valence-electron chi connectivity index (χ2n) is 7.34. The van der Waals surface area contributed by atoms with Gasteiger partial charge in [0.15, 0.2) is 5.82 Å². The molecule has 1 unspecified atom stereocenters. The lowest BCUT2D eigenvalue weighted by Gasteiger charge is -2.30. The highest BCUT2D eigenvalue weighted by atomic mass is 16.5. The van der Waals surface area contributed by atoms with Crippen LogP contribution < -0.4 is 9.80 Å². The summed E-state index contributed by atoms with van der Waals surface area (Å²) in [5, 5.41) is 0. The van der Waals surface area contributed by atoms with Crippen LogP contribution in [0.15, 0.2) is 18.2 Å². The Hall–Kier alpha value is -1.99. The van der Waals surface area contributed by atoms with Crippen molar-refractivity contribution in [2.45, 2.75) is 26.2 Å². The lowest BCUT2D eigenvalue weighted by molar-refractivity contribution is 0.121. The second kappa shape index (κ2) is 8.80. The van der Waals surface area contributed by atoms with Crippen LogP contribution in [0.4, 0.5) is 11.9 Å². The van der Waals surface area contributed by atoms with Gasteiger partial charge in [-0.05, 0) is 30.8 Å². The van der Waals surface area contributed by atoms with E-state index < -0.39 is 0 Å². The largest absolute Gasteiger partial charge is 0.378 e. The summed E-state index contributed by atoms with van der Waals surface area (Å²) in [6, 6.07) is 0. The predicted octanol–water partition coefficient (Wildman–Crippen LogP) is 2.30. The highest BCUT2D eigenvalue weighted by molar-refractivity contribution is 5.65. The fraction of sp³-hybridized carbons (Fsp3) is 0.650. The molecule has 0 spiro atoms. The van der Waals surface area contributed by atoms with Gasteiger partial charge >= 0.3 is 0 Å². The molecule has 2 aliphatic heterocycles. The minimum atomic E-state index is 0.437. The summed E-state index contributed by atoms with van der Waals surface area (Å²) in [6.07, 6.45) is 10.1. The van der Waals surface area contributed by atoms with Crippen LogP contribution in [-0.4, -0.2) is 67.6 Å². The Labute approximate surface area is 161 Å². The van der Waals surface area contributed by atoms with Crippen LogP contribution in [0.3, 0.4) is 0 Å². The van der Waals surface area contributed by atoms with E-state index in [9.17, 15) is 0 Å². The maximum absolute atomic E-state index is 5.50. The van der Waals surface area contributed by atoms with Crippen molar-refractivity contribution in [2.75, 3.05) is 62.4 Å². The van der Waals surface area contributed by atoms with Gasteiger partial charge in [-0.25, -0.2) is 0 Å². The van der Waals surface area contributed by atoms with Gasteiger partial charge in [0, 0.05) is 26.2 Å². The summed E-state index contributed by atoms with van der Waals surface area (Å²) < 4.78 is 11.0. The molecule has 1 atom stereocenters. The Balaban J connectivity index is 1.72. The lowest BCUT2D eigenvalue weighted by atomic mass is 9.92. The number of hydrogen-bond donors (Lipinski definition) is 0. The Morgan fingerprint density at radius 2 is 1.48 bits per heavy atom. The molecule has 0 saturated carbocycles. The Morgan fingerprint density at radius 3 is 2.07 bits per heavy atom. The maximum atomic E-state index is 5.50. The molecule has 1 aromatic rings. The van der Waals surface area contributed by atoms with Crippen LogP contribution in [0.2, 0.25) is 0 Å². The SMILES string of the molecule is CC1CCC/C=C\C=C/1c1nc(N2CCOCC2)nc(N2CCOCC2)n1. The van der Waals surface area contributed by atoms with Crippen molar-refractivity contribution in [2.24, 2.45) is 5.92 Å². The number of nitrogens with zero attached hydrogens (tertiary/aromatic N) is 5. The first kappa shape index (κ1) is 18.4. The minimum Gasteiger partial charge on any atom is -0.378 e. The number of allylic oxidation sites excluding steroid dienone is 4. The highest BCUT2D eigenvalue weighted by Gasteiger charge is 2.23. The third-order valence-corrected chi connectivity index (χ3v) is 5.41. The molecular weight excluding hydrogens is 342 g/mol. The van der Waals surface area contributed by atoms with Gasteiger partial charge in [-0.3, -0.25) is 0 Å². The maximum Gasteiger partial charge on any atom is 0.230 e. The molecule has 0 N–H and O–H groups in total. The number of hydrogen-bond acceptors (Lipinski definition) is 7. The molecule has 2 saturated heterocycles.